The standard InChI is InChI=1S/C17H21N3O3/c1-19-11-16(22)20(10-15(21)18-12-6-2-3-7-12)14-9-5-4-8-13(14)17(19)23/h4-5,8-9,12H,2-3,6-7,10-11H2,1H3,(H,18,21). The third-order valence-electron chi connectivity index (χ3n) is 4.47. The van der Waals surface area contributed by atoms with E-state index in [9.17, 15) is 14.4 Å². The molecule has 1 aliphatic heterocycles. The van der Waals surface area contributed by atoms with Crippen molar-refractivity contribution in [3.63, 3.8) is 0 Å². The van der Waals surface area contributed by atoms with Crippen molar-refractivity contribution in [1.82, 2.24) is 10.2 Å². The van der Waals surface area contributed by atoms with E-state index >= 15 is 0 Å². The smallest absolute Gasteiger partial charge is 0.256 e. The highest BCUT2D eigenvalue weighted by molar-refractivity contribution is 6.11. The van der Waals surface area contributed by atoms with E-state index < -0.39 is 0 Å². The van der Waals surface area contributed by atoms with Crippen molar-refractivity contribution in [2.45, 2.75) is 31.7 Å². The first-order valence-electron chi connectivity index (χ1n) is 8.00. The average Bonchev–Trinajstić information content (AvgIpc) is 3.01. The molecule has 0 atom stereocenters. The van der Waals surface area contributed by atoms with Crippen LogP contribution in [0.3, 0.4) is 0 Å². The first-order chi connectivity index (χ1) is 11.1. The van der Waals surface area contributed by atoms with Crippen molar-refractivity contribution in [2.75, 3.05) is 25.0 Å². The summed E-state index contributed by atoms with van der Waals surface area (Å²) in [5.41, 5.74) is 0.961. The van der Waals surface area contributed by atoms with Crippen molar-refractivity contribution in [3.8, 4) is 0 Å². The molecule has 1 fully saturated rings. The third-order valence-corrected chi connectivity index (χ3v) is 4.47. The lowest BCUT2D eigenvalue weighted by Crippen LogP contribution is -2.45. The van der Waals surface area contributed by atoms with Gasteiger partial charge in [0, 0.05) is 13.1 Å². The number of benzene rings is 1. The van der Waals surface area contributed by atoms with Crippen molar-refractivity contribution in [1.29, 1.82) is 0 Å². The Hall–Kier alpha value is -2.37. The van der Waals surface area contributed by atoms with Crippen LogP contribution in [0.25, 0.3) is 0 Å². The van der Waals surface area contributed by atoms with Crippen LogP contribution >= 0.6 is 0 Å². The number of carbonyl (C=O) groups excluding carboxylic acids is 3. The Morgan fingerprint density at radius 1 is 1.22 bits per heavy atom. The first kappa shape index (κ1) is 15.5. The zero-order valence-electron chi connectivity index (χ0n) is 13.2. The van der Waals surface area contributed by atoms with Crippen LogP contribution in [0.1, 0.15) is 36.0 Å². The summed E-state index contributed by atoms with van der Waals surface area (Å²) in [5, 5.41) is 2.99. The van der Waals surface area contributed by atoms with Crippen LogP contribution in [0.5, 0.6) is 0 Å². The molecule has 0 spiro atoms. The Morgan fingerprint density at radius 2 is 1.91 bits per heavy atom. The predicted molar refractivity (Wildman–Crippen MR) is 86.2 cm³/mol. The van der Waals surface area contributed by atoms with Crippen LogP contribution in [-0.2, 0) is 9.59 Å². The SMILES string of the molecule is CN1CC(=O)N(CC(=O)NC2CCCC2)c2ccccc2C1=O. The molecule has 23 heavy (non-hydrogen) atoms. The molecule has 3 rings (SSSR count). The van der Waals surface area contributed by atoms with Crippen LogP contribution in [0, 0.1) is 0 Å². The van der Waals surface area contributed by atoms with Gasteiger partial charge in [-0.05, 0) is 25.0 Å². The summed E-state index contributed by atoms with van der Waals surface area (Å²) in [4.78, 5) is 39.9. The number of likely N-dealkylation sites (N-methyl/N-ethyl adjacent to an activating group) is 1. The first-order valence-corrected chi connectivity index (χ1v) is 8.00. The maximum atomic E-state index is 12.5. The topological polar surface area (TPSA) is 69.7 Å². The summed E-state index contributed by atoms with van der Waals surface area (Å²) in [7, 11) is 1.60. The highest BCUT2D eigenvalue weighted by atomic mass is 16.2. The molecule has 1 N–H and O–H groups in total. The van der Waals surface area contributed by atoms with Crippen LogP contribution in [-0.4, -0.2) is 48.8 Å². The molecule has 0 bridgehead atoms. The van der Waals surface area contributed by atoms with Gasteiger partial charge in [-0.25, -0.2) is 0 Å². The fourth-order valence-corrected chi connectivity index (χ4v) is 3.25. The lowest BCUT2D eigenvalue weighted by molar-refractivity contribution is -0.124. The van der Waals surface area contributed by atoms with Crippen molar-refractivity contribution in [2.24, 2.45) is 0 Å². The molecule has 1 aromatic rings. The van der Waals surface area contributed by atoms with Crippen molar-refractivity contribution < 1.29 is 14.4 Å². The molecule has 0 aromatic heterocycles. The van der Waals surface area contributed by atoms with E-state index in [1.54, 1.807) is 31.3 Å². The number of hydrogen-bond donors (Lipinski definition) is 1. The zero-order chi connectivity index (χ0) is 16.4. The molecule has 6 nitrogen and oxygen atoms in total. The van der Waals surface area contributed by atoms with Gasteiger partial charge in [0.05, 0.1) is 11.3 Å². The monoisotopic (exact) mass is 315 g/mol. The van der Waals surface area contributed by atoms with Gasteiger partial charge in [0.2, 0.25) is 11.8 Å². The second-order valence-electron chi connectivity index (χ2n) is 6.21. The number of nitrogens with zero attached hydrogens (tertiary/aromatic N) is 2. The fourth-order valence-electron chi connectivity index (χ4n) is 3.25. The second-order valence-corrected chi connectivity index (χ2v) is 6.21. The largest absolute Gasteiger partial charge is 0.352 e. The highest BCUT2D eigenvalue weighted by Crippen LogP contribution is 2.25. The second kappa shape index (κ2) is 6.40. The van der Waals surface area contributed by atoms with E-state index in [1.165, 1.54) is 9.80 Å². The van der Waals surface area contributed by atoms with Gasteiger partial charge in [0.25, 0.3) is 5.91 Å². The number of rotatable bonds is 3. The number of amides is 3. The average molecular weight is 315 g/mol. The number of carbonyl (C=O) groups is 3. The van der Waals surface area contributed by atoms with E-state index in [1.807, 2.05) is 0 Å². The minimum Gasteiger partial charge on any atom is -0.352 e. The van der Waals surface area contributed by atoms with Crippen LogP contribution in [0.4, 0.5) is 5.69 Å². The van der Waals surface area contributed by atoms with Gasteiger partial charge in [0.15, 0.2) is 0 Å². The Balaban J connectivity index is 1.81. The Labute approximate surface area is 135 Å². The molecule has 0 unspecified atom stereocenters. The molecule has 0 radical (unpaired) electrons. The molecule has 1 heterocycles. The molecular weight excluding hydrogens is 294 g/mol. The van der Waals surface area contributed by atoms with Crippen LogP contribution < -0.4 is 10.2 Å². The van der Waals surface area contributed by atoms with E-state index in [4.69, 9.17) is 0 Å². The third kappa shape index (κ3) is 3.21. The molecule has 0 saturated heterocycles. The molecular formula is C17H21N3O3. The number of anilines is 1. The van der Waals surface area contributed by atoms with Gasteiger partial charge in [0.1, 0.15) is 13.1 Å². The van der Waals surface area contributed by atoms with Gasteiger partial charge in [-0.15, -0.1) is 0 Å². The van der Waals surface area contributed by atoms with Crippen LogP contribution in [0.15, 0.2) is 24.3 Å². The van der Waals surface area contributed by atoms with Gasteiger partial charge in [-0.2, -0.15) is 0 Å². The number of hydrogen-bond acceptors (Lipinski definition) is 3. The maximum absolute atomic E-state index is 12.5. The van der Waals surface area contributed by atoms with Gasteiger partial charge >= 0.3 is 0 Å². The number of para-hydroxylation sites is 1. The van der Waals surface area contributed by atoms with Crippen molar-refractivity contribution >= 4 is 23.4 Å². The lowest BCUT2D eigenvalue weighted by atomic mass is 10.1. The number of nitrogens with one attached hydrogen (secondary N) is 1. The van der Waals surface area contributed by atoms with E-state index in [-0.39, 0.29) is 36.9 Å². The molecule has 3 amide bonds. The van der Waals surface area contributed by atoms with E-state index in [0.29, 0.717) is 11.3 Å². The summed E-state index contributed by atoms with van der Waals surface area (Å²) in [6, 6.07) is 7.15. The van der Waals surface area contributed by atoms with Gasteiger partial charge in [-0.3, -0.25) is 14.4 Å². The summed E-state index contributed by atoms with van der Waals surface area (Å²) >= 11 is 0. The number of fused-ring (bicyclic) bond motifs is 1. The molecule has 122 valence electrons. The minimum absolute atomic E-state index is 0.0236. The molecule has 1 aromatic carbocycles. The highest BCUT2D eigenvalue weighted by Gasteiger charge is 2.31. The minimum atomic E-state index is -0.243. The Morgan fingerprint density at radius 3 is 2.65 bits per heavy atom. The molecule has 2 aliphatic rings. The fraction of sp³-hybridized carbons (Fsp3) is 0.471. The Kier molecular flexibility index (Phi) is 4.32. The molecule has 6 heteroatoms. The zero-order valence-corrected chi connectivity index (χ0v) is 13.2. The molecule has 1 saturated carbocycles. The Bertz CT molecular complexity index is 638. The van der Waals surface area contributed by atoms with E-state index in [0.717, 1.165) is 25.7 Å². The van der Waals surface area contributed by atoms with Gasteiger partial charge in [-0.1, -0.05) is 25.0 Å². The predicted octanol–water partition coefficient (Wildman–Crippen LogP) is 1.16. The van der Waals surface area contributed by atoms with Gasteiger partial charge < -0.3 is 15.1 Å². The summed E-state index contributed by atoms with van der Waals surface area (Å²) < 4.78 is 0. The normalized spacial score (nSPS) is 18.8. The van der Waals surface area contributed by atoms with E-state index in [2.05, 4.69) is 5.32 Å². The van der Waals surface area contributed by atoms with Crippen molar-refractivity contribution in [3.05, 3.63) is 29.8 Å². The summed E-state index contributed by atoms with van der Waals surface area (Å²) in [6.07, 6.45) is 4.26. The summed E-state index contributed by atoms with van der Waals surface area (Å²) in [5.74, 6) is -0.614. The molecule has 1 aliphatic carbocycles. The van der Waals surface area contributed by atoms with Crippen LogP contribution in [0.2, 0.25) is 0 Å². The quantitative estimate of drug-likeness (QED) is 0.910. The summed E-state index contributed by atoms with van der Waals surface area (Å²) in [6.45, 7) is -0.0717. The maximum Gasteiger partial charge on any atom is 0.256 e. The lowest BCUT2D eigenvalue weighted by Gasteiger charge is -2.22.